The summed E-state index contributed by atoms with van der Waals surface area (Å²) in [5, 5.41) is 7.82. The zero-order chi connectivity index (χ0) is 43.4. The molecule has 0 saturated carbocycles. The summed E-state index contributed by atoms with van der Waals surface area (Å²) < 4.78 is 65.1. The highest BCUT2D eigenvalue weighted by Crippen LogP contribution is 2.67. The largest absolute Gasteiger partial charge is 0.438 e. The molecular weight excluding hydrogens is 771 g/mol. The number of alkyl halides is 2. The second-order valence-corrected chi connectivity index (χ2v) is 17.9. The number of nitrogens with zero attached hydrogens (tertiary/aromatic N) is 1. The van der Waals surface area contributed by atoms with Gasteiger partial charge in [0.1, 0.15) is 12.1 Å². The number of primary amides is 1. The van der Waals surface area contributed by atoms with E-state index in [0.717, 1.165) is 18.6 Å². The molecule has 16 nitrogen and oxygen atoms in total. The molecule has 3 unspecified atom stereocenters. The number of esters is 2. The number of unbranched alkanes of at least 4 members (excludes halogenated alkanes) is 1. The number of rotatable bonds is 19. The van der Waals surface area contributed by atoms with Crippen LogP contribution in [-0.2, 0) is 52.7 Å². The summed E-state index contributed by atoms with van der Waals surface area (Å²) in [6.45, 7) is 12.7. The summed E-state index contributed by atoms with van der Waals surface area (Å²) in [7, 11) is -5.54. The number of hydrogen-bond acceptors (Lipinski definition) is 11. The molecule has 1 aliphatic rings. The fourth-order valence-corrected chi connectivity index (χ4v) is 6.70. The van der Waals surface area contributed by atoms with Crippen molar-refractivity contribution in [2.24, 2.45) is 22.5 Å². The number of allylic oxidation sites excluding steroid dienone is 1. The van der Waals surface area contributed by atoms with Crippen molar-refractivity contribution in [2.45, 2.75) is 106 Å². The fraction of sp³-hybridized carbons (Fsp3) is 0.632. The standard InChI is InChI=1S/C38H58F2N5O11P/c1-10-11-12-28(32(48)45-20-17-24(2)30(45)31(47)42-18-19-43-35(41)51)44-29(46)21-25(3)26-13-15-27(16-14-26)38(39,40)57(52,55-22-53-33(49)36(4,5)6)56-23-54-34(50)37(7,8)9/h13-16,21,24,28,30H,10-12,17-20,22-23H2,1-9H3,(H,42,47)(H,44,46)(H3,41,43,51). The lowest BCUT2D eigenvalue weighted by atomic mass is 9.98. The predicted molar refractivity (Wildman–Crippen MR) is 206 cm³/mol. The Hall–Kier alpha value is -4.41. The molecule has 3 atom stereocenters. The number of amides is 5. The average Bonchev–Trinajstić information content (AvgIpc) is 3.51. The third kappa shape index (κ3) is 14.2. The molecule has 1 fully saturated rings. The number of halogens is 2. The van der Waals surface area contributed by atoms with Gasteiger partial charge in [-0.25, -0.2) is 4.79 Å². The van der Waals surface area contributed by atoms with Gasteiger partial charge in [-0.15, -0.1) is 0 Å². The van der Waals surface area contributed by atoms with E-state index in [0.29, 0.717) is 36.9 Å². The minimum Gasteiger partial charge on any atom is -0.438 e. The zero-order valence-corrected chi connectivity index (χ0v) is 35.1. The Morgan fingerprint density at radius 2 is 1.46 bits per heavy atom. The normalized spacial score (nSPS) is 17.0. The summed E-state index contributed by atoms with van der Waals surface area (Å²) >= 11 is 0. The maximum atomic E-state index is 16.0. The maximum Gasteiger partial charge on any atom is 0.410 e. The Morgan fingerprint density at radius 3 is 1.95 bits per heavy atom. The molecule has 1 heterocycles. The molecule has 1 saturated heterocycles. The van der Waals surface area contributed by atoms with Crippen LogP contribution in [-0.4, -0.2) is 85.9 Å². The number of nitrogens with one attached hydrogen (secondary N) is 3. The van der Waals surface area contributed by atoms with Crippen LogP contribution in [0.3, 0.4) is 0 Å². The van der Waals surface area contributed by atoms with Crippen LogP contribution in [0.4, 0.5) is 13.6 Å². The molecule has 0 aliphatic carbocycles. The molecule has 1 aliphatic heterocycles. The Bertz CT molecular complexity index is 1640. The number of hydrogen-bond donors (Lipinski definition) is 4. The van der Waals surface area contributed by atoms with Crippen molar-refractivity contribution in [2.75, 3.05) is 33.2 Å². The minimum atomic E-state index is -5.54. The van der Waals surface area contributed by atoms with Crippen LogP contribution in [0, 0.1) is 16.7 Å². The molecule has 0 spiro atoms. The van der Waals surface area contributed by atoms with Crippen LogP contribution in [0.15, 0.2) is 30.3 Å². The molecule has 5 amide bonds. The van der Waals surface area contributed by atoms with Crippen LogP contribution < -0.4 is 21.7 Å². The Kier molecular flexibility index (Phi) is 17.8. The van der Waals surface area contributed by atoms with E-state index in [9.17, 15) is 33.3 Å². The number of likely N-dealkylation sites (tertiary alicyclic amines) is 1. The van der Waals surface area contributed by atoms with Gasteiger partial charge in [-0.1, -0.05) is 51.0 Å². The van der Waals surface area contributed by atoms with Gasteiger partial charge < -0.3 is 36.1 Å². The molecule has 0 radical (unpaired) electrons. The minimum absolute atomic E-state index is 0.107. The van der Waals surface area contributed by atoms with E-state index in [4.69, 9.17) is 24.3 Å². The van der Waals surface area contributed by atoms with Gasteiger partial charge in [-0.3, -0.25) is 37.6 Å². The van der Waals surface area contributed by atoms with Crippen molar-refractivity contribution in [1.29, 1.82) is 0 Å². The summed E-state index contributed by atoms with van der Waals surface area (Å²) in [6, 6.07) is 1.91. The SMILES string of the molecule is CCCCC(NC(=O)C=C(C)c1ccc(C(F)(F)P(=O)(OCOC(=O)C(C)(C)C)OCOC(=O)C(C)(C)C)cc1)C(=O)N1CCC(C)C1C(=O)NCCNC(N)=O. The van der Waals surface area contributed by atoms with E-state index in [1.165, 1.54) is 64.7 Å². The molecule has 1 aromatic carbocycles. The van der Waals surface area contributed by atoms with Crippen molar-refractivity contribution < 1.29 is 60.6 Å². The van der Waals surface area contributed by atoms with E-state index >= 15 is 8.78 Å². The average molecular weight is 830 g/mol. The molecule has 0 aromatic heterocycles. The van der Waals surface area contributed by atoms with Crippen LogP contribution in [0.25, 0.3) is 5.57 Å². The van der Waals surface area contributed by atoms with Crippen molar-refractivity contribution in [3.8, 4) is 0 Å². The van der Waals surface area contributed by atoms with Crippen molar-refractivity contribution in [3.05, 3.63) is 41.5 Å². The lowest BCUT2D eigenvalue weighted by molar-refractivity contribution is -0.163. The van der Waals surface area contributed by atoms with Gasteiger partial charge in [0.15, 0.2) is 0 Å². The van der Waals surface area contributed by atoms with Gasteiger partial charge in [0.05, 0.1) is 10.8 Å². The topological polar surface area (TPSA) is 222 Å². The Morgan fingerprint density at radius 1 is 0.930 bits per heavy atom. The van der Waals surface area contributed by atoms with Crippen molar-refractivity contribution in [3.63, 3.8) is 0 Å². The molecule has 1 aromatic rings. The molecule has 5 N–H and O–H groups in total. The summed E-state index contributed by atoms with van der Waals surface area (Å²) in [4.78, 5) is 76.9. The summed E-state index contributed by atoms with van der Waals surface area (Å²) in [5.41, 5.74) is -1.47. The lowest BCUT2D eigenvalue weighted by Gasteiger charge is -2.30. The smallest absolute Gasteiger partial charge is 0.410 e. The number of urea groups is 1. The molecule has 320 valence electrons. The second-order valence-electron chi connectivity index (χ2n) is 15.8. The first kappa shape index (κ1) is 48.7. The highest BCUT2D eigenvalue weighted by atomic mass is 31.2. The highest BCUT2D eigenvalue weighted by molar-refractivity contribution is 7.54. The van der Waals surface area contributed by atoms with Crippen molar-refractivity contribution in [1.82, 2.24) is 20.9 Å². The Labute approximate surface area is 332 Å². The van der Waals surface area contributed by atoms with Gasteiger partial charge in [0.25, 0.3) is 0 Å². The summed E-state index contributed by atoms with van der Waals surface area (Å²) in [5.74, 6) is -3.26. The number of ether oxygens (including phenoxy) is 2. The number of carbonyl (C=O) groups excluding carboxylic acids is 6. The van der Waals surface area contributed by atoms with E-state index in [2.05, 4.69) is 16.0 Å². The number of carbonyl (C=O) groups is 6. The van der Waals surface area contributed by atoms with Gasteiger partial charge in [0.2, 0.25) is 31.3 Å². The van der Waals surface area contributed by atoms with Gasteiger partial charge in [-0.05, 0) is 78.4 Å². The van der Waals surface area contributed by atoms with Gasteiger partial charge in [-0.2, -0.15) is 8.78 Å². The molecule has 19 heteroatoms. The zero-order valence-electron chi connectivity index (χ0n) is 34.2. The number of benzene rings is 1. The lowest BCUT2D eigenvalue weighted by Crippen LogP contribution is -2.55. The van der Waals surface area contributed by atoms with Crippen molar-refractivity contribution >= 4 is 48.9 Å². The monoisotopic (exact) mass is 829 g/mol. The van der Waals surface area contributed by atoms with Crippen LogP contribution in [0.2, 0.25) is 0 Å². The first-order valence-electron chi connectivity index (χ1n) is 18.7. The highest BCUT2D eigenvalue weighted by Gasteiger charge is 2.56. The van der Waals surface area contributed by atoms with Crippen LogP contribution in [0.5, 0.6) is 0 Å². The quantitative estimate of drug-likeness (QED) is 0.0469. The Balaban J connectivity index is 2.26. The molecule has 2 rings (SSSR count). The summed E-state index contributed by atoms with van der Waals surface area (Å²) in [6.07, 6.45) is 3.39. The van der Waals surface area contributed by atoms with E-state index in [1.54, 1.807) is 6.92 Å². The first-order chi connectivity index (χ1) is 26.4. The van der Waals surface area contributed by atoms with E-state index < -0.39 is 91.0 Å². The predicted octanol–water partition coefficient (Wildman–Crippen LogP) is 5.16. The second kappa shape index (κ2) is 20.8. The first-order valence-corrected chi connectivity index (χ1v) is 20.2. The third-order valence-electron chi connectivity index (χ3n) is 8.87. The molecular formula is C38H58F2N5O11P. The maximum absolute atomic E-state index is 16.0. The molecule has 57 heavy (non-hydrogen) atoms. The van der Waals surface area contributed by atoms with Gasteiger partial charge in [0, 0.05) is 31.3 Å². The molecule has 0 bridgehead atoms. The third-order valence-corrected chi connectivity index (χ3v) is 10.7. The van der Waals surface area contributed by atoms with E-state index in [-0.39, 0.29) is 19.0 Å². The van der Waals surface area contributed by atoms with E-state index in [1.807, 2.05) is 13.8 Å². The fourth-order valence-electron chi connectivity index (χ4n) is 5.45. The number of nitrogens with two attached hydrogens (primary N) is 1. The van der Waals surface area contributed by atoms with Crippen LogP contribution >= 0.6 is 7.60 Å². The van der Waals surface area contributed by atoms with Gasteiger partial charge >= 0.3 is 31.2 Å². The van der Waals surface area contributed by atoms with Crippen LogP contribution in [0.1, 0.15) is 99.1 Å².